The molecule has 0 aliphatic rings. The van der Waals surface area contributed by atoms with E-state index in [0.717, 1.165) is 15.6 Å². The van der Waals surface area contributed by atoms with Crippen LogP contribution in [0.5, 0.6) is 5.75 Å². The maximum absolute atomic E-state index is 12.5. The Morgan fingerprint density at radius 2 is 1.71 bits per heavy atom. The normalized spacial score (nSPS) is 10.3. The molecule has 0 aliphatic carbocycles. The summed E-state index contributed by atoms with van der Waals surface area (Å²) in [5, 5.41) is 5.74. The van der Waals surface area contributed by atoms with E-state index in [9.17, 15) is 14.4 Å². The Morgan fingerprint density at radius 1 is 0.935 bits per heavy atom. The number of hydrogen-bond donors (Lipinski definition) is 2. The van der Waals surface area contributed by atoms with Gasteiger partial charge in [-0.05, 0) is 47.5 Å². The number of carbonyl (C=O) groups is 3. The lowest BCUT2D eigenvalue weighted by molar-refractivity contribution is -0.131. The summed E-state index contributed by atoms with van der Waals surface area (Å²) in [6.07, 6.45) is 0.239. The Hall–Kier alpha value is -3.45. The summed E-state index contributed by atoms with van der Waals surface area (Å²) in [4.78, 5) is 36.1. The number of nitrogens with one attached hydrogen (secondary N) is 2. The van der Waals surface area contributed by atoms with Crippen LogP contribution in [0.3, 0.4) is 0 Å². The average molecular weight is 481 g/mol. The molecule has 2 amide bonds. The van der Waals surface area contributed by atoms with Crippen molar-refractivity contribution in [2.75, 3.05) is 5.32 Å². The summed E-state index contributed by atoms with van der Waals surface area (Å²) in [5.74, 6) is -0.610. The summed E-state index contributed by atoms with van der Waals surface area (Å²) >= 11 is 3.40. The molecule has 0 saturated heterocycles. The zero-order chi connectivity index (χ0) is 22.2. The van der Waals surface area contributed by atoms with E-state index in [4.69, 9.17) is 4.74 Å². The Morgan fingerprint density at radius 3 is 2.48 bits per heavy atom. The van der Waals surface area contributed by atoms with Crippen LogP contribution in [-0.2, 0) is 22.6 Å². The second kappa shape index (κ2) is 10.5. The van der Waals surface area contributed by atoms with Crippen LogP contribution in [0, 0.1) is 0 Å². The van der Waals surface area contributed by atoms with Gasteiger partial charge in [0.2, 0.25) is 5.91 Å². The monoisotopic (exact) mass is 480 g/mol. The molecule has 0 aliphatic heterocycles. The van der Waals surface area contributed by atoms with Gasteiger partial charge in [0.15, 0.2) is 0 Å². The Kier molecular flexibility index (Phi) is 7.56. The number of esters is 1. The third-order valence-corrected chi connectivity index (χ3v) is 4.84. The third-order valence-electron chi connectivity index (χ3n) is 4.34. The van der Waals surface area contributed by atoms with Gasteiger partial charge < -0.3 is 15.4 Å². The van der Waals surface area contributed by atoms with Gasteiger partial charge in [0, 0.05) is 29.2 Å². The largest absolute Gasteiger partial charge is 0.427 e. The number of benzene rings is 3. The number of hydrogen-bond acceptors (Lipinski definition) is 4. The first-order chi connectivity index (χ1) is 14.9. The maximum Gasteiger partial charge on any atom is 0.308 e. The SMILES string of the molecule is CC(=O)Oc1cccc(C(=O)NCc2ccccc2NC(=O)Cc2cccc(Br)c2)c1. The average Bonchev–Trinajstić information content (AvgIpc) is 2.72. The second-order valence-corrected chi connectivity index (χ2v) is 7.73. The quantitative estimate of drug-likeness (QED) is 0.385. The first-order valence-electron chi connectivity index (χ1n) is 9.59. The molecule has 6 nitrogen and oxygen atoms in total. The molecule has 3 rings (SSSR count). The van der Waals surface area contributed by atoms with Crippen LogP contribution in [0.2, 0.25) is 0 Å². The lowest BCUT2D eigenvalue weighted by atomic mass is 10.1. The van der Waals surface area contributed by atoms with E-state index in [1.165, 1.54) is 13.0 Å². The summed E-state index contributed by atoms with van der Waals surface area (Å²) in [7, 11) is 0. The highest BCUT2D eigenvalue weighted by Gasteiger charge is 2.11. The van der Waals surface area contributed by atoms with Gasteiger partial charge in [0.05, 0.1) is 6.42 Å². The van der Waals surface area contributed by atoms with Gasteiger partial charge in [0.25, 0.3) is 5.91 Å². The summed E-state index contributed by atoms with van der Waals surface area (Å²) in [6.45, 7) is 1.53. The van der Waals surface area contributed by atoms with Gasteiger partial charge >= 0.3 is 5.97 Å². The van der Waals surface area contributed by atoms with Gasteiger partial charge in [-0.2, -0.15) is 0 Å². The number of carbonyl (C=O) groups excluding carboxylic acids is 3. The number of amides is 2. The minimum Gasteiger partial charge on any atom is -0.427 e. The first kappa shape index (κ1) is 22.2. The fourth-order valence-electron chi connectivity index (χ4n) is 2.97. The Balaban J connectivity index is 1.63. The van der Waals surface area contributed by atoms with Crippen molar-refractivity contribution in [2.45, 2.75) is 19.9 Å². The van der Waals surface area contributed by atoms with E-state index in [2.05, 4.69) is 26.6 Å². The fourth-order valence-corrected chi connectivity index (χ4v) is 3.41. The van der Waals surface area contributed by atoms with Crippen LogP contribution in [0.1, 0.15) is 28.4 Å². The van der Waals surface area contributed by atoms with Crippen molar-refractivity contribution in [3.05, 3.63) is 94.0 Å². The van der Waals surface area contributed by atoms with E-state index >= 15 is 0 Å². The van der Waals surface area contributed by atoms with Crippen LogP contribution >= 0.6 is 15.9 Å². The number of rotatable bonds is 7. The van der Waals surface area contributed by atoms with Crippen LogP contribution in [0.4, 0.5) is 5.69 Å². The molecule has 0 saturated carbocycles. The molecule has 0 radical (unpaired) electrons. The van der Waals surface area contributed by atoms with E-state index in [0.29, 0.717) is 17.0 Å². The van der Waals surface area contributed by atoms with Crippen LogP contribution in [0.25, 0.3) is 0 Å². The van der Waals surface area contributed by atoms with Gasteiger partial charge in [-0.25, -0.2) is 0 Å². The number of halogens is 1. The van der Waals surface area contributed by atoms with Crippen molar-refractivity contribution >= 4 is 39.4 Å². The van der Waals surface area contributed by atoms with Crippen molar-refractivity contribution in [1.82, 2.24) is 5.32 Å². The van der Waals surface area contributed by atoms with Gasteiger partial charge in [-0.15, -0.1) is 0 Å². The van der Waals surface area contributed by atoms with Crippen molar-refractivity contribution in [3.63, 3.8) is 0 Å². The molecular weight excluding hydrogens is 460 g/mol. The molecule has 0 heterocycles. The summed E-state index contributed by atoms with van der Waals surface area (Å²) < 4.78 is 5.93. The molecule has 2 N–H and O–H groups in total. The molecule has 3 aromatic carbocycles. The molecule has 7 heteroatoms. The highest BCUT2D eigenvalue weighted by atomic mass is 79.9. The Bertz CT molecular complexity index is 1110. The minimum atomic E-state index is -0.454. The Labute approximate surface area is 188 Å². The van der Waals surface area contributed by atoms with Crippen LogP contribution < -0.4 is 15.4 Å². The topological polar surface area (TPSA) is 84.5 Å². The van der Waals surface area contributed by atoms with E-state index in [1.807, 2.05) is 42.5 Å². The van der Waals surface area contributed by atoms with Gasteiger partial charge in [0.1, 0.15) is 5.75 Å². The molecular formula is C24H21BrN2O4. The van der Waals surface area contributed by atoms with E-state index in [-0.39, 0.29) is 24.8 Å². The van der Waals surface area contributed by atoms with Crippen LogP contribution in [-0.4, -0.2) is 17.8 Å². The van der Waals surface area contributed by atoms with E-state index in [1.54, 1.807) is 24.3 Å². The molecule has 0 spiro atoms. The second-order valence-electron chi connectivity index (χ2n) is 6.82. The fraction of sp³-hybridized carbons (Fsp3) is 0.125. The molecule has 0 atom stereocenters. The predicted molar refractivity (Wildman–Crippen MR) is 122 cm³/mol. The first-order valence-corrected chi connectivity index (χ1v) is 10.4. The summed E-state index contributed by atoms with van der Waals surface area (Å²) in [5.41, 5.74) is 2.67. The lowest BCUT2D eigenvalue weighted by Crippen LogP contribution is -2.24. The number of anilines is 1. The van der Waals surface area contributed by atoms with Crippen molar-refractivity contribution in [2.24, 2.45) is 0 Å². The zero-order valence-electron chi connectivity index (χ0n) is 16.9. The summed E-state index contributed by atoms with van der Waals surface area (Å²) in [6, 6.07) is 21.2. The molecule has 0 unspecified atom stereocenters. The molecule has 0 aromatic heterocycles. The smallest absolute Gasteiger partial charge is 0.308 e. The standard InChI is InChI=1S/C24H21BrN2O4/c1-16(28)31-21-10-5-8-18(14-21)24(30)26-15-19-7-2-3-11-22(19)27-23(29)13-17-6-4-9-20(25)12-17/h2-12,14H,13,15H2,1H3,(H,26,30)(H,27,29). The van der Waals surface area contributed by atoms with Crippen LogP contribution in [0.15, 0.2) is 77.3 Å². The molecule has 158 valence electrons. The highest BCUT2D eigenvalue weighted by molar-refractivity contribution is 9.10. The van der Waals surface area contributed by atoms with Crippen molar-refractivity contribution in [3.8, 4) is 5.75 Å². The van der Waals surface area contributed by atoms with Crippen molar-refractivity contribution in [1.29, 1.82) is 0 Å². The molecule has 31 heavy (non-hydrogen) atoms. The third kappa shape index (κ3) is 6.79. The maximum atomic E-state index is 12.5. The molecule has 0 bridgehead atoms. The minimum absolute atomic E-state index is 0.147. The zero-order valence-corrected chi connectivity index (χ0v) is 18.4. The lowest BCUT2D eigenvalue weighted by Gasteiger charge is -2.12. The molecule has 0 fully saturated rings. The number of ether oxygens (including phenoxy) is 1. The van der Waals surface area contributed by atoms with E-state index < -0.39 is 5.97 Å². The molecule has 3 aromatic rings. The number of para-hydroxylation sites is 1. The van der Waals surface area contributed by atoms with Crippen molar-refractivity contribution < 1.29 is 19.1 Å². The predicted octanol–water partition coefficient (Wildman–Crippen LogP) is 4.49. The highest BCUT2D eigenvalue weighted by Crippen LogP contribution is 2.18. The van der Waals surface area contributed by atoms with Gasteiger partial charge in [-0.1, -0.05) is 52.3 Å². The van der Waals surface area contributed by atoms with Gasteiger partial charge in [-0.3, -0.25) is 14.4 Å².